The van der Waals surface area contributed by atoms with Gasteiger partial charge in [-0.3, -0.25) is 0 Å². The van der Waals surface area contributed by atoms with Gasteiger partial charge < -0.3 is 14.6 Å². The van der Waals surface area contributed by atoms with Gasteiger partial charge >= 0.3 is 0 Å². The van der Waals surface area contributed by atoms with Crippen molar-refractivity contribution in [3.05, 3.63) is 11.6 Å². The molecule has 0 aromatic heterocycles. The summed E-state index contributed by atoms with van der Waals surface area (Å²) in [7, 11) is 3.34. The molecule has 16 heavy (non-hydrogen) atoms. The SMILES string of the molecule is COC(CCCC/C=C1/CCCC1O)OC. The topological polar surface area (TPSA) is 38.7 Å². The van der Waals surface area contributed by atoms with Crippen LogP contribution in [-0.2, 0) is 9.47 Å². The maximum atomic E-state index is 9.60. The second kappa shape index (κ2) is 7.82. The molecule has 0 saturated heterocycles. The Morgan fingerprint density at radius 2 is 2.12 bits per heavy atom. The number of hydrogen-bond donors (Lipinski definition) is 1. The molecule has 1 aliphatic carbocycles. The van der Waals surface area contributed by atoms with Crippen LogP contribution in [0, 0.1) is 0 Å². The van der Waals surface area contributed by atoms with E-state index in [1.807, 2.05) is 0 Å². The zero-order valence-electron chi connectivity index (χ0n) is 10.4. The largest absolute Gasteiger partial charge is 0.389 e. The minimum Gasteiger partial charge on any atom is -0.389 e. The Balaban J connectivity index is 2.07. The Hall–Kier alpha value is -0.380. The highest BCUT2D eigenvalue weighted by molar-refractivity contribution is 5.12. The van der Waals surface area contributed by atoms with Crippen LogP contribution in [0.5, 0.6) is 0 Å². The fraction of sp³-hybridized carbons (Fsp3) is 0.846. The second-order valence-electron chi connectivity index (χ2n) is 4.37. The van der Waals surface area contributed by atoms with Crippen LogP contribution in [0.4, 0.5) is 0 Å². The molecule has 0 radical (unpaired) electrons. The van der Waals surface area contributed by atoms with E-state index in [1.165, 1.54) is 5.57 Å². The lowest BCUT2D eigenvalue weighted by molar-refractivity contribution is -0.107. The average molecular weight is 228 g/mol. The van der Waals surface area contributed by atoms with Crippen molar-refractivity contribution >= 4 is 0 Å². The van der Waals surface area contributed by atoms with Crippen LogP contribution in [0.1, 0.15) is 44.9 Å². The van der Waals surface area contributed by atoms with Crippen molar-refractivity contribution < 1.29 is 14.6 Å². The molecule has 0 heterocycles. The van der Waals surface area contributed by atoms with Gasteiger partial charge in [0, 0.05) is 14.2 Å². The van der Waals surface area contributed by atoms with Gasteiger partial charge in [-0.05, 0) is 50.5 Å². The summed E-state index contributed by atoms with van der Waals surface area (Å²) in [6, 6.07) is 0. The van der Waals surface area contributed by atoms with E-state index in [4.69, 9.17) is 9.47 Å². The van der Waals surface area contributed by atoms with E-state index in [0.29, 0.717) is 0 Å². The monoisotopic (exact) mass is 228 g/mol. The molecule has 1 unspecified atom stereocenters. The third-order valence-electron chi connectivity index (χ3n) is 3.20. The van der Waals surface area contributed by atoms with Crippen LogP contribution >= 0.6 is 0 Å². The van der Waals surface area contributed by atoms with E-state index in [2.05, 4.69) is 6.08 Å². The molecule has 0 bridgehead atoms. The number of unbranched alkanes of at least 4 members (excludes halogenated alkanes) is 2. The van der Waals surface area contributed by atoms with Crippen molar-refractivity contribution in [3.63, 3.8) is 0 Å². The molecular formula is C13H24O3. The molecule has 3 nitrogen and oxygen atoms in total. The minimum absolute atomic E-state index is 0.0651. The fourth-order valence-electron chi connectivity index (χ4n) is 2.16. The number of aliphatic hydroxyl groups excluding tert-OH is 1. The molecule has 3 heteroatoms. The number of rotatable bonds is 7. The van der Waals surface area contributed by atoms with Crippen molar-refractivity contribution in [1.29, 1.82) is 0 Å². The summed E-state index contributed by atoms with van der Waals surface area (Å²) in [5.41, 5.74) is 1.25. The minimum atomic E-state index is -0.161. The average Bonchev–Trinajstić information content (AvgIpc) is 2.70. The van der Waals surface area contributed by atoms with Crippen LogP contribution in [0.15, 0.2) is 11.6 Å². The van der Waals surface area contributed by atoms with E-state index in [1.54, 1.807) is 14.2 Å². The Kier molecular flexibility index (Phi) is 6.69. The molecular weight excluding hydrogens is 204 g/mol. The number of hydrogen-bond acceptors (Lipinski definition) is 3. The summed E-state index contributed by atoms with van der Waals surface area (Å²) >= 11 is 0. The Morgan fingerprint density at radius 3 is 2.69 bits per heavy atom. The normalized spacial score (nSPS) is 23.5. The summed E-state index contributed by atoms with van der Waals surface area (Å²) in [6.45, 7) is 0. The van der Waals surface area contributed by atoms with E-state index < -0.39 is 0 Å². The van der Waals surface area contributed by atoms with Gasteiger partial charge in [-0.1, -0.05) is 6.08 Å². The van der Waals surface area contributed by atoms with Crippen molar-refractivity contribution in [2.75, 3.05) is 14.2 Å². The number of methoxy groups -OCH3 is 2. The van der Waals surface area contributed by atoms with Gasteiger partial charge in [0.15, 0.2) is 6.29 Å². The molecule has 1 N–H and O–H groups in total. The summed E-state index contributed by atoms with van der Waals surface area (Å²) in [4.78, 5) is 0. The number of ether oxygens (including phenoxy) is 2. The first-order valence-corrected chi connectivity index (χ1v) is 6.20. The maximum absolute atomic E-state index is 9.60. The molecule has 1 fully saturated rings. The lowest BCUT2D eigenvalue weighted by atomic mass is 10.1. The highest BCUT2D eigenvalue weighted by atomic mass is 16.7. The van der Waals surface area contributed by atoms with Gasteiger partial charge in [-0.2, -0.15) is 0 Å². The predicted molar refractivity (Wildman–Crippen MR) is 64.2 cm³/mol. The van der Waals surface area contributed by atoms with Crippen LogP contribution < -0.4 is 0 Å². The first kappa shape index (κ1) is 13.7. The van der Waals surface area contributed by atoms with Crippen molar-refractivity contribution in [1.82, 2.24) is 0 Å². The molecule has 0 aromatic rings. The lowest BCUT2D eigenvalue weighted by Crippen LogP contribution is -2.12. The molecule has 0 aliphatic heterocycles. The van der Waals surface area contributed by atoms with Gasteiger partial charge in [0.1, 0.15) is 0 Å². The third-order valence-corrected chi connectivity index (χ3v) is 3.20. The first-order chi connectivity index (χ1) is 7.77. The molecule has 0 spiro atoms. The molecule has 0 amide bonds. The molecule has 94 valence electrons. The molecule has 1 aliphatic rings. The summed E-state index contributed by atoms with van der Waals surface area (Å²) in [5.74, 6) is 0. The zero-order chi connectivity index (χ0) is 11.8. The molecule has 1 atom stereocenters. The van der Waals surface area contributed by atoms with E-state index in [-0.39, 0.29) is 12.4 Å². The van der Waals surface area contributed by atoms with Crippen molar-refractivity contribution in [2.24, 2.45) is 0 Å². The van der Waals surface area contributed by atoms with Gasteiger partial charge in [-0.25, -0.2) is 0 Å². The summed E-state index contributed by atoms with van der Waals surface area (Å²) < 4.78 is 10.2. The summed E-state index contributed by atoms with van der Waals surface area (Å²) in [6.07, 6.45) is 9.41. The van der Waals surface area contributed by atoms with E-state index in [9.17, 15) is 5.11 Å². The van der Waals surface area contributed by atoms with Crippen LogP contribution in [0.3, 0.4) is 0 Å². The predicted octanol–water partition coefficient (Wildman–Crippen LogP) is 2.64. The van der Waals surface area contributed by atoms with Crippen LogP contribution in [0.2, 0.25) is 0 Å². The maximum Gasteiger partial charge on any atom is 0.156 e. The molecule has 1 saturated carbocycles. The zero-order valence-corrected chi connectivity index (χ0v) is 10.4. The third kappa shape index (κ3) is 4.64. The van der Waals surface area contributed by atoms with Gasteiger partial charge in [0.25, 0.3) is 0 Å². The van der Waals surface area contributed by atoms with E-state index >= 15 is 0 Å². The van der Waals surface area contributed by atoms with Crippen molar-refractivity contribution in [2.45, 2.75) is 57.3 Å². The highest BCUT2D eigenvalue weighted by Gasteiger charge is 2.16. The Bertz CT molecular complexity index is 209. The molecule has 0 aromatic carbocycles. The number of aliphatic hydroxyl groups is 1. The smallest absolute Gasteiger partial charge is 0.156 e. The standard InChI is InChI=1S/C13H24O3/c1-15-13(16-2)10-5-3-4-7-11-8-6-9-12(11)14/h7,12-14H,3-6,8-10H2,1-2H3/b11-7-. The Labute approximate surface area is 98.4 Å². The quantitative estimate of drug-likeness (QED) is 0.413. The van der Waals surface area contributed by atoms with Gasteiger partial charge in [0.05, 0.1) is 6.10 Å². The molecule has 1 rings (SSSR count). The van der Waals surface area contributed by atoms with Gasteiger partial charge in [-0.15, -0.1) is 0 Å². The highest BCUT2D eigenvalue weighted by Crippen LogP contribution is 2.25. The lowest BCUT2D eigenvalue weighted by Gasteiger charge is -2.12. The fourth-order valence-corrected chi connectivity index (χ4v) is 2.16. The van der Waals surface area contributed by atoms with Crippen LogP contribution in [0.25, 0.3) is 0 Å². The second-order valence-corrected chi connectivity index (χ2v) is 4.37. The van der Waals surface area contributed by atoms with Crippen molar-refractivity contribution in [3.8, 4) is 0 Å². The first-order valence-electron chi connectivity index (χ1n) is 6.20. The van der Waals surface area contributed by atoms with E-state index in [0.717, 1.165) is 44.9 Å². The summed E-state index contributed by atoms with van der Waals surface area (Å²) in [5, 5.41) is 9.60. The Morgan fingerprint density at radius 1 is 1.38 bits per heavy atom. The number of allylic oxidation sites excluding steroid dienone is 1. The van der Waals surface area contributed by atoms with Gasteiger partial charge in [0.2, 0.25) is 0 Å². The van der Waals surface area contributed by atoms with Crippen LogP contribution in [-0.4, -0.2) is 31.7 Å².